The Hall–Kier alpha value is -4.12. The maximum Gasteiger partial charge on any atom is 0.122 e. The van der Waals surface area contributed by atoms with Gasteiger partial charge in [-0.1, -0.05) is 132 Å². The van der Waals surface area contributed by atoms with Gasteiger partial charge in [-0.3, -0.25) is 0 Å². The molecule has 49 heavy (non-hydrogen) atoms. The molecule has 0 unspecified atom stereocenters. The number of phenolic OH excluding ortho intramolecular Hbond substituents is 2. The minimum absolute atomic E-state index is 0.159. The smallest absolute Gasteiger partial charge is 0.122 e. The number of nitrogens with two attached hydrogens (primary N) is 1. The molecular weight excluding hydrogens is 604 g/mol. The molecule has 1 aliphatic carbocycles. The van der Waals surface area contributed by atoms with E-state index < -0.39 is 0 Å². The van der Waals surface area contributed by atoms with Crippen molar-refractivity contribution >= 4 is 11.4 Å². The van der Waals surface area contributed by atoms with Gasteiger partial charge in [0.2, 0.25) is 0 Å². The van der Waals surface area contributed by atoms with E-state index in [4.69, 9.17) is 5.73 Å². The van der Waals surface area contributed by atoms with Crippen LogP contribution >= 0.6 is 0 Å². The van der Waals surface area contributed by atoms with E-state index in [1.807, 2.05) is 0 Å². The average Bonchev–Trinajstić information content (AvgIpc) is 2.96. The van der Waals surface area contributed by atoms with Crippen molar-refractivity contribution in [3.05, 3.63) is 120 Å². The molecule has 0 amide bonds. The van der Waals surface area contributed by atoms with E-state index in [-0.39, 0.29) is 33.2 Å². The van der Waals surface area contributed by atoms with Crippen molar-refractivity contribution in [2.45, 2.75) is 130 Å². The van der Waals surface area contributed by atoms with Gasteiger partial charge in [-0.2, -0.15) is 0 Å². The third-order valence-electron chi connectivity index (χ3n) is 10.2. The lowest BCUT2D eigenvalue weighted by atomic mass is 9.79. The second-order valence-corrected chi connectivity index (χ2v) is 18.4. The van der Waals surface area contributed by atoms with Gasteiger partial charge in [0.15, 0.2) is 0 Å². The highest BCUT2D eigenvalue weighted by atomic mass is 16.3. The van der Waals surface area contributed by atoms with E-state index in [9.17, 15) is 15.1 Å². The molecule has 5 rings (SSSR count). The van der Waals surface area contributed by atoms with Gasteiger partial charge < -0.3 is 15.9 Å². The Labute approximate surface area is 294 Å². The first-order valence-corrected chi connectivity index (χ1v) is 17.6. The maximum atomic E-state index is 12.8. The zero-order chi connectivity index (χ0) is 36.4. The molecule has 0 aromatic heterocycles. The SMILES string of the molecule is CC(C)(C)c1cc2c(N)c(c1)Cc1cc(C(C)(C)C)cc(c1N=O)Cc1cc(C(C)(C)C)cc(c1O)Cc1cc(C(C)(C)C)cc(c1O)C2. The van der Waals surface area contributed by atoms with Crippen LogP contribution in [0.25, 0.3) is 0 Å². The van der Waals surface area contributed by atoms with Crippen molar-refractivity contribution in [1.82, 2.24) is 0 Å². The van der Waals surface area contributed by atoms with Crippen LogP contribution in [0.4, 0.5) is 11.4 Å². The highest BCUT2D eigenvalue weighted by Crippen LogP contribution is 2.42. The number of rotatable bonds is 1. The van der Waals surface area contributed by atoms with Gasteiger partial charge in [0, 0.05) is 31.4 Å². The van der Waals surface area contributed by atoms with Crippen LogP contribution in [0.5, 0.6) is 11.5 Å². The standard InChI is InChI=1S/C44H56N2O3/c1-41(2,3)33-17-25-13-27-19-34(42(4,5)6)20-28(38(27)46-49)15-30-22-36(44(10,11)12)24-32(40(30)48)16-31-23-35(43(7,8)9)21-29(39(31)47)14-26(18-33)37(25)45/h17-24,47-48H,13-16,45H2,1-12H3. The quantitative estimate of drug-likeness (QED) is 0.123. The molecule has 0 aliphatic heterocycles. The maximum absolute atomic E-state index is 12.8. The van der Waals surface area contributed by atoms with Crippen LogP contribution in [0.2, 0.25) is 0 Å². The summed E-state index contributed by atoms with van der Waals surface area (Å²) in [6.45, 7) is 26.1. The number of phenols is 2. The number of anilines is 1. The summed E-state index contributed by atoms with van der Waals surface area (Å²) in [6.07, 6.45) is 1.55. The lowest BCUT2D eigenvalue weighted by Crippen LogP contribution is -2.16. The van der Waals surface area contributed by atoms with Gasteiger partial charge in [-0.05, 0) is 93.6 Å². The second kappa shape index (κ2) is 12.3. The normalized spacial score (nSPS) is 14.1. The Balaban J connectivity index is 1.92. The fourth-order valence-corrected chi connectivity index (χ4v) is 6.83. The molecule has 0 saturated carbocycles. The van der Waals surface area contributed by atoms with Crippen LogP contribution in [0.1, 0.15) is 150 Å². The van der Waals surface area contributed by atoms with Crippen molar-refractivity contribution in [2.75, 3.05) is 5.73 Å². The zero-order valence-electron chi connectivity index (χ0n) is 31.8. The van der Waals surface area contributed by atoms with Crippen LogP contribution in [0.3, 0.4) is 0 Å². The fourth-order valence-electron chi connectivity index (χ4n) is 6.83. The van der Waals surface area contributed by atoms with Crippen molar-refractivity contribution in [2.24, 2.45) is 5.18 Å². The number of nitrogens with zero attached hydrogens (tertiary/aromatic N) is 1. The van der Waals surface area contributed by atoms with Gasteiger partial charge in [0.05, 0.1) is 0 Å². The molecule has 0 fully saturated rings. The molecule has 4 aromatic carbocycles. The molecule has 4 N–H and O–H groups in total. The summed E-state index contributed by atoms with van der Waals surface area (Å²) < 4.78 is 0. The van der Waals surface area contributed by atoms with Crippen LogP contribution in [-0.2, 0) is 47.3 Å². The van der Waals surface area contributed by atoms with Crippen LogP contribution in [0.15, 0.2) is 53.7 Å². The van der Waals surface area contributed by atoms with Crippen molar-refractivity contribution in [3.63, 3.8) is 0 Å². The number of fused-ring (bicyclic) bond motifs is 8. The highest BCUT2D eigenvalue weighted by molar-refractivity contribution is 5.65. The number of aromatic hydroxyl groups is 2. The Morgan fingerprint density at radius 1 is 0.449 bits per heavy atom. The van der Waals surface area contributed by atoms with E-state index >= 15 is 0 Å². The zero-order valence-corrected chi connectivity index (χ0v) is 31.8. The van der Waals surface area contributed by atoms with Crippen molar-refractivity contribution in [3.8, 4) is 11.5 Å². The molecule has 5 heteroatoms. The van der Waals surface area contributed by atoms with Crippen LogP contribution in [0, 0.1) is 4.91 Å². The van der Waals surface area contributed by atoms with Crippen molar-refractivity contribution in [1.29, 1.82) is 0 Å². The van der Waals surface area contributed by atoms with Gasteiger partial charge in [-0.25, -0.2) is 0 Å². The van der Waals surface area contributed by atoms with E-state index in [0.717, 1.165) is 66.8 Å². The van der Waals surface area contributed by atoms with Crippen molar-refractivity contribution < 1.29 is 10.2 Å². The second-order valence-electron chi connectivity index (χ2n) is 18.4. The molecule has 1 aliphatic rings. The number of nitrogen functional groups attached to an aromatic ring is 1. The number of benzene rings is 4. The monoisotopic (exact) mass is 660 g/mol. The first-order valence-electron chi connectivity index (χ1n) is 17.6. The molecular formula is C44H56N2O3. The predicted octanol–water partition coefficient (Wildman–Crippen LogP) is 10.9. The molecule has 8 bridgehead atoms. The first kappa shape index (κ1) is 36.2. The minimum Gasteiger partial charge on any atom is -0.507 e. The van der Waals surface area contributed by atoms with Gasteiger partial charge in [0.25, 0.3) is 0 Å². The first-order chi connectivity index (χ1) is 22.5. The third-order valence-corrected chi connectivity index (χ3v) is 10.2. The lowest BCUT2D eigenvalue weighted by molar-refractivity contribution is 0.455. The summed E-state index contributed by atoms with van der Waals surface area (Å²) in [4.78, 5) is 12.8. The van der Waals surface area contributed by atoms with E-state index in [0.29, 0.717) is 37.1 Å². The Bertz CT molecular complexity index is 1820. The largest absolute Gasteiger partial charge is 0.507 e. The van der Waals surface area contributed by atoms with Gasteiger partial charge in [0.1, 0.15) is 17.2 Å². The van der Waals surface area contributed by atoms with Crippen LogP contribution in [-0.4, -0.2) is 10.2 Å². The van der Waals surface area contributed by atoms with E-state index in [2.05, 4.69) is 137 Å². The topological polar surface area (TPSA) is 95.9 Å². The Morgan fingerprint density at radius 3 is 0.959 bits per heavy atom. The van der Waals surface area contributed by atoms with E-state index in [1.54, 1.807) is 0 Å². The molecule has 0 radical (unpaired) electrons. The predicted molar refractivity (Wildman–Crippen MR) is 205 cm³/mol. The minimum atomic E-state index is -0.201. The number of hydrogen-bond acceptors (Lipinski definition) is 5. The molecule has 5 nitrogen and oxygen atoms in total. The molecule has 4 aromatic rings. The summed E-state index contributed by atoms with van der Waals surface area (Å²) in [5, 5.41) is 27.6. The summed E-state index contributed by atoms with van der Waals surface area (Å²) in [5.74, 6) is 0.419. The molecule has 0 atom stereocenters. The molecule has 0 heterocycles. The Kier molecular flexibility index (Phi) is 9.10. The number of nitroso groups, excluding NO2 is 1. The van der Waals surface area contributed by atoms with Crippen LogP contribution < -0.4 is 5.73 Å². The molecule has 0 spiro atoms. The Morgan fingerprint density at radius 2 is 0.673 bits per heavy atom. The number of hydrogen-bond donors (Lipinski definition) is 3. The lowest BCUT2D eigenvalue weighted by Gasteiger charge is -2.27. The summed E-state index contributed by atoms with van der Waals surface area (Å²) >= 11 is 0. The summed E-state index contributed by atoms with van der Waals surface area (Å²) in [7, 11) is 0. The molecule has 0 saturated heterocycles. The summed E-state index contributed by atoms with van der Waals surface area (Å²) in [5.41, 5.74) is 18.3. The average molecular weight is 661 g/mol. The third kappa shape index (κ3) is 7.41. The molecule has 260 valence electrons. The highest BCUT2D eigenvalue weighted by Gasteiger charge is 2.27. The van der Waals surface area contributed by atoms with Gasteiger partial charge in [-0.15, -0.1) is 4.91 Å². The fraction of sp³-hybridized carbons (Fsp3) is 0.455. The van der Waals surface area contributed by atoms with E-state index in [1.165, 1.54) is 0 Å². The van der Waals surface area contributed by atoms with Gasteiger partial charge >= 0.3 is 0 Å². The summed E-state index contributed by atoms with van der Waals surface area (Å²) in [6, 6.07) is 16.8.